The maximum atomic E-state index is 3.98. The fourth-order valence-corrected chi connectivity index (χ4v) is 1.11. The van der Waals surface area contributed by atoms with Gasteiger partial charge in [-0.3, -0.25) is 4.98 Å². The van der Waals surface area contributed by atoms with Crippen LogP contribution in [0.4, 0.5) is 0 Å². The van der Waals surface area contributed by atoms with Gasteiger partial charge in [-0.25, -0.2) is 0 Å². The van der Waals surface area contributed by atoms with Crippen LogP contribution in [0.15, 0.2) is 24.5 Å². The lowest BCUT2D eigenvalue weighted by atomic mass is 10.2. The minimum atomic E-state index is 0.567. The smallest absolute Gasteiger partial charge is 0.0271 e. The molecule has 1 rings (SSSR count). The molecule has 3 heteroatoms. The van der Waals surface area contributed by atoms with Crippen molar-refractivity contribution in [1.82, 2.24) is 15.2 Å². The van der Waals surface area contributed by atoms with Gasteiger partial charge in [-0.1, -0.05) is 0 Å². The van der Waals surface area contributed by atoms with E-state index in [0.29, 0.717) is 6.04 Å². The fourth-order valence-electron chi connectivity index (χ4n) is 1.11. The first-order valence-corrected chi connectivity index (χ1v) is 4.96. The number of aromatic nitrogens is 1. The molecule has 1 N–H and O–H groups in total. The average Bonchev–Trinajstić information content (AvgIpc) is 2.19. The zero-order chi connectivity index (χ0) is 10.4. The molecule has 0 aliphatic carbocycles. The largest absolute Gasteiger partial charge is 0.311 e. The molecule has 1 atom stereocenters. The second-order valence-corrected chi connectivity index (χ2v) is 3.80. The van der Waals surface area contributed by atoms with Crippen LogP contribution in [-0.4, -0.2) is 36.6 Å². The molecule has 0 saturated heterocycles. The highest BCUT2D eigenvalue weighted by Gasteiger charge is 2.02. The minimum Gasteiger partial charge on any atom is -0.311 e. The van der Waals surface area contributed by atoms with Gasteiger partial charge in [0.2, 0.25) is 0 Å². The van der Waals surface area contributed by atoms with E-state index in [-0.39, 0.29) is 0 Å². The van der Waals surface area contributed by atoms with E-state index in [4.69, 9.17) is 0 Å². The Morgan fingerprint density at radius 3 is 2.57 bits per heavy atom. The number of hydrogen-bond acceptors (Lipinski definition) is 3. The molecule has 0 saturated carbocycles. The normalized spacial score (nSPS) is 13.1. The van der Waals surface area contributed by atoms with Crippen LogP contribution in [0.3, 0.4) is 0 Å². The standard InChI is InChI=1S/C11H19N3/c1-10(14(2)3)8-13-9-11-4-6-12-7-5-11/h4-7,10,13H,8-9H2,1-3H3. The van der Waals surface area contributed by atoms with Crippen molar-refractivity contribution in [3.63, 3.8) is 0 Å². The van der Waals surface area contributed by atoms with Crippen molar-refractivity contribution in [3.8, 4) is 0 Å². The first kappa shape index (κ1) is 11.1. The molecular formula is C11H19N3. The molecule has 1 heterocycles. The number of nitrogens with one attached hydrogen (secondary N) is 1. The lowest BCUT2D eigenvalue weighted by molar-refractivity contribution is 0.302. The van der Waals surface area contributed by atoms with Gasteiger partial charge >= 0.3 is 0 Å². The number of rotatable bonds is 5. The van der Waals surface area contributed by atoms with Gasteiger partial charge in [-0.05, 0) is 38.7 Å². The molecule has 0 bridgehead atoms. The lowest BCUT2D eigenvalue weighted by Gasteiger charge is -2.19. The monoisotopic (exact) mass is 193 g/mol. The summed E-state index contributed by atoms with van der Waals surface area (Å²) < 4.78 is 0. The van der Waals surface area contributed by atoms with Crippen LogP contribution in [0.5, 0.6) is 0 Å². The molecule has 0 aromatic carbocycles. The van der Waals surface area contributed by atoms with Crippen LogP contribution in [0.2, 0.25) is 0 Å². The van der Waals surface area contributed by atoms with Gasteiger partial charge in [-0.15, -0.1) is 0 Å². The third kappa shape index (κ3) is 3.85. The Kier molecular flexibility index (Phi) is 4.56. The van der Waals surface area contributed by atoms with Crippen LogP contribution >= 0.6 is 0 Å². The van der Waals surface area contributed by atoms with Crippen LogP contribution in [0, 0.1) is 0 Å². The summed E-state index contributed by atoms with van der Waals surface area (Å²) in [5, 5.41) is 3.41. The first-order chi connectivity index (χ1) is 6.70. The summed E-state index contributed by atoms with van der Waals surface area (Å²) >= 11 is 0. The van der Waals surface area contributed by atoms with Crippen molar-refractivity contribution >= 4 is 0 Å². The van der Waals surface area contributed by atoms with Gasteiger partial charge in [0.05, 0.1) is 0 Å². The predicted molar refractivity (Wildman–Crippen MR) is 59.1 cm³/mol. The topological polar surface area (TPSA) is 28.2 Å². The summed E-state index contributed by atoms with van der Waals surface area (Å²) in [6.45, 7) is 4.13. The third-order valence-corrected chi connectivity index (χ3v) is 2.40. The second-order valence-electron chi connectivity index (χ2n) is 3.80. The molecule has 1 unspecified atom stereocenters. The van der Waals surface area contributed by atoms with E-state index in [1.807, 2.05) is 24.5 Å². The number of nitrogens with zero attached hydrogens (tertiary/aromatic N) is 2. The van der Waals surface area contributed by atoms with Gasteiger partial charge in [-0.2, -0.15) is 0 Å². The summed E-state index contributed by atoms with van der Waals surface area (Å²) in [6.07, 6.45) is 3.65. The van der Waals surface area contributed by atoms with Gasteiger partial charge < -0.3 is 10.2 Å². The number of likely N-dealkylation sites (N-methyl/N-ethyl adjacent to an activating group) is 1. The van der Waals surface area contributed by atoms with Crippen LogP contribution < -0.4 is 5.32 Å². The molecule has 78 valence electrons. The predicted octanol–water partition coefficient (Wildman–Crippen LogP) is 1.12. The lowest BCUT2D eigenvalue weighted by Crippen LogP contribution is -2.35. The molecule has 0 aliphatic rings. The highest BCUT2D eigenvalue weighted by atomic mass is 15.1. The zero-order valence-corrected chi connectivity index (χ0v) is 9.20. The summed E-state index contributed by atoms with van der Waals surface area (Å²) in [5.41, 5.74) is 1.28. The zero-order valence-electron chi connectivity index (χ0n) is 9.20. The average molecular weight is 193 g/mol. The Hall–Kier alpha value is -0.930. The van der Waals surface area contributed by atoms with Crippen LogP contribution in [0.25, 0.3) is 0 Å². The maximum Gasteiger partial charge on any atom is 0.0271 e. The highest BCUT2D eigenvalue weighted by molar-refractivity contribution is 5.08. The molecule has 1 aromatic rings. The summed E-state index contributed by atoms with van der Waals surface area (Å²) in [6, 6.07) is 4.64. The highest BCUT2D eigenvalue weighted by Crippen LogP contribution is 1.95. The minimum absolute atomic E-state index is 0.567. The Bertz CT molecular complexity index is 246. The number of pyridine rings is 1. The third-order valence-electron chi connectivity index (χ3n) is 2.40. The van der Waals surface area contributed by atoms with E-state index >= 15 is 0 Å². The van der Waals surface area contributed by atoms with E-state index in [1.165, 1.54) is 5.56 Å². The summed E-state index contributed by atoms with van der Waals surface area (Å²) in [7, 11) is 4.19. The summed E-state index contributed by atoms with van der Waals surface area (Å²) in [5.74, 6) is 0. The van der Waals surface area contributed by atoms with Gasteiger partial charge in [0, 0.05) is 31.5 Å². The Morgan fingerprint density at radius 2 is 2.00 bits per heavy atom. The first-order valence-electron chi connectivity index (χ1n) is 4.96. The molecular weight excluding hydrogens is 174 g/mol. The summed E-state index contributed by atoms with van der Waals surface area (Å²) in [4.78, 5) is 6.19. The molecule has 0 spiro atoms. The molecule has 0 fully saturated rings. The van der Waals surface area contributed by atoms with E-state index < -0.39 is 0 Å². The van der Waals surface area contributed by atoms with Gasteiger partial charge in [0.1, 0.15) is 0 Å². The van der Waals surface area contributed by atoms with Gasteiger partial charge in [0.15, 0.2) is 0 Å². The van der Waals surface area contributed by atoms with Crippen molar-refractivity contribution in [2.75, 3.05) is 20.6 Å². The number of hydrogen-bond donors (Lipinski definition) is 1. The van der Waals surface area contributed by atoms with Crippen LogP contribution in [-0.2, 0) is 6.54 Å². The van der Waals surface area contributed by atoms with Crippen molar-refractivity contribution in [2.45, 2.75) is 19.5 Å². The molecule has 0 aliphatic heterocycles. The molecule has 1 aromatic heterocycles. The molecule has 0 amide bonds. The van der Waals surface area contributed by atoms with E-state index in [9.17, 15) is 0 Å². The van der Waals surface area contributed by atoms with E-state index in [1.54, 1.807) is 0 Å². The SMILES string of the molecule is CC(CNCc1ccncc1)N(C)C. The Labute approximate surface area is 86.2 Å². The van der Waals surface area contributed by atoms with Crippen molar-refractivity contribution < 1.29 is 0 Å². The molecule has 3 nitrogen and oxygen atoms in total. The molecule has 0 radical (unpaired) electrons. The quantitative estimate of drug-likeness (QED) is 0.759. The van der Waals surface area contributed by atoms with Crippen LogP contribution in [0.1, 0.15) is 12.5 Å². The van der Waals surface area contributed by atoms with E-state index in [2.05, 4.69) is 36.2 Å². The Balaban J connectivity index is 2.22. The second kappa shape index (κ2) is 5.73. The van der Waals surface area contributed by atoms with Crippen molar-refractivity contribution in [3.05, 3.63) is 30.1 Å². The van der Waals surface area contributed by atoms with Crippen molar-refractivity contribution in [1.29, 1.82) is 0 Å². The molecule has 14 heavy (non-hydrogen) atoms. The van der Waals surface area contributed by atoms with E-state index in [0.717, 1.165) is 13.1 Å². The fraction of sp³-hybridized carbons (Fsp3) is 0.545. The van der Waals surface area contributed by atoms with Crippen molar-refractivity contribution in [2.24, 2.45) is 0 Å². The van der Waals surface area contributed by atoms with Gasteiger partial charge in [0.25, 0.3) is 0 Å². The Morgan fingerprint density at radius 1 is 1.36 bits per heavy atom. The maximum absolute atomic E-state index is 3.98.